The fourth-order valence-corrected chi connectivity index (χ4v) is 4.16. The molecule has 0 aliphatic carbocycles. The van der Waals surface area contributed by atoms with E-state index in [0.29, 0.717) is 25.4 Å². The number of hydrogen-bond acceptors (Lipinski definition) is 3. The second kappa shape index (κ2) is 9.57. The molecule has 0 aromatic heterocycles. The van der Waals surface area contributed by atoms with Gasteiger partial charge in [-0.3, -0.25) is 9.59 Å². The zero-order chi connectivity index (χ0) is 19.9. The van der Waals surface area contributed by atoms with Crippen molar-refractivity contribution < 1.29 is 14.4 Å². The highest BCUT2D eigenvalue weighted by molar-refractivity contribution is 5.90. The van der Waals surface area contributed by atoms with Crippen molar-refractivity contribution in [2.45, 2.75) is 38.5 Å². The SMILES string of the molecule is NC(=O)N1CCC[C@H](C(=O)N2CCC(CCC(=O)Nc3ccccc3)CC2)C1. The van der Waals surface area contributed by atoms with E-state index in [4.69, 9.17) is 5.73 Å². The molecule has 2 saturated heterocycles. The number of urea groups is 1. The molecule has 7 nitrogen and oxygen atoms in total. The molecular formula is C21H30N4O3. The van der Waals surface area contributed by atoms with E-state index in [1.807, 2.05) is 35.2 Å². The van der Waals surface area contributed by atoms with Crippen molar-refractivity contribution in [3.05, 3.63) is 30.3 Å². The second-order valence-electron chi connectivity index (χ2n) is 7.84. The van der Waals surface area contributed by atoms with Crippen LogP contribution in [0.5, 0.6) is 0 Å². The minimum atomic E-state index is -0.440. The van der Waals surface area contributed by atoms with E-state index in [9.17, 15) is 14.4 Å². The number of benzene rings is 1. The predicted octanol–water partition coefficient (Wildman–Crippen LogP) is 2.43. The molecule has 2 aliphatic heterocycles. The number of rotatable bonds is 5. The molecule has 3 N–H and O–H groups in total. The predicted molar refractivity (Wildman–Crippen MR) is 107 cm³/mol. The number of piperidine rings is 2. The summed E-state index contributed by atoms with van der Waals surface area (Å²) in [7, 11) is 0. The number of nitrogens with one attached hydrogen (secondary N) is 1. The molecule has 2 fully saturated rings. The Hall–Kier alpha value is -2.57. The first-order valence-electron chi connectivity index (χ1n) is 10.2. The van der Waals surface area contributed by atoms with Crippen molar-refractivity contribution in [1.29, 1.82) is 0 Å². The number of carbonyl (C=O) groups excluding carboxylic acids is 3. The van der Waals surface area contributed by atoms with Crippen molar-refractivity contribution >= 4 is 23.5 Å². The first-order chi connectivity index (χ1) is 13.5. The van der Waals surface area contributed by atoms with Crippen LogP contribution in [0.1, 0.15) is 38.5 Å². The molecule has 2 aliphatic rings. The summed E-state index contributed by atoms with van der Waals surface area (Å²) in [6.45, 7) is 2.55. The van der Waals surface area contributed by atoms with Crippen LogP contribution in [0.25, 0.3) is 0 Å². The maximum atomic E-state index is 12.8. The number of para-hydroxylation sites is 1. The molecule has 7 heteroatoms. The van der Waals surface area contributed by atoms with Crippen LogP contribution in [0.4, 0.5) is 10.5 Å². The quantitative estimate of drug-likeness (QED) is 0.813. The highest BCUT2D eigenvalue weighted by atomic mass is 16.2. The Morgan fingerprint density at radius 1 is 1.00 bits per heavy atom. The molecule has 3 rings (SSSR count). The van der Waals surface area contributed by atoms with Gasteiger partial charge in [-0.15, -0.1) is 0 Å². The summed E-state index contributed by atoms with van der Waals surface area (Å²) >= 11 is 0. The average molecular weight is 386 g/mol. The molecular weight excluding hydrogens is 356 g/mol. The Morgan fingerprint density at radius 3 is 2.39 bits per heavy atom. The standard InChI is InChI=1S/C21H30N4O3/c22-21(28)25-12-4-5-17(15-25)20(27)24-13-10-16(11-14-24)8-9-19(26)23-18-6-2-1-3-7-18/h1-3,6-7,16-17H,4-5,8-15H2,(H2,22,28)(H,23,26)/t17-/m0/s1. The number of anilines is 1. The molecule has 0 spiro atoms. The molecule has 0 unspecified atom stereocenters. The van der Waals surface area contributed by atoms with Gasteiger partial charge in [0.25, 0.3) is 0 Å². The van der Waals surface area contributed by atoms with Crippen LogP contribution >= 0.6 is 0 Å². The minimum Gasteiger partial charge on any atom is -0.351 e. The molecule has 28 heavy (non-hydrogen) atoms. The van der Waals surface area contributed by atoms with Gasteiger partial charge in [-0.2, -0.15) is 0 Å². The molecule has 0 saturated carbocycles. The second-order valence-corrected chi connectivity index (χ2v) is 7.84. The van der Waals surface area contributed by atoms with Crippen molar-refractivity contribution in [2.24, 2.45) is 17.6 Å². The number of hydrogen-bond donors (Lipinski definition) is 2. The topological polar surface area (TPSA) is 95.7 Å². The zero-order valence-electron chi connectivity index (χ0n) is 16.3. The van der Waals surface area contributed by atoms with Gasteiger partial charge in [-0.1, -0.05) is 18.2 Å². The molecule has 1 aromatic carbocycles. The van der Waals surface area contributed by atoms with Gasteiger partial charge < -0.3 is 20.9 Å². The van der Waals surface area contributed by atoms with Crippen LogP contribution < -0.4 is 11.1 Å². The Morgan fingerprint density at radius 2 is 1.71 bits per heavy atom. The Balaban J connectivity index is 1.38. The molecule has 152 valence electrons. The number of likely N-dealkylation sites (tertiary alicyclic amines) is 2. The summed E-state index contributed by atoms with van der Waals surface area (Å²) in [5, 5.41) is 2.92. The van der Waals surface area contributed by atoms with E-state index < -0.39 is 6.03 Å². The summed E-state index contributed by atoms with van der Waals surface area (Å²) in [5.41, 5.74) is 6.19. The Labute approximate surface area is 166 Å². The summed E-state index contributed by atoms with van der Waals surface area (Å²) < 4.78 is 0. The third-order valence-corrected chi connectivity index (χ3v) is 5.85. The van der Waals surface area contributed by atoms with Gasteiger partial charge in [-0.05, 0) is 50.2 Å². The Kier molecular flexibility index (Phi) is 6.90. The van der Waals surface area contributed by atoms with Crippen molar-refractivity contribution in [1.82, 2.24) is 9.80 Å². The van der Waals surface area contributed by atoms with E-state index in [1.165, 1.54) is 0 Å². The third kappa shape index (κ3) is 5.47. The molecule has 1 aromatic rings. The van der Waals surface area contributed by atoms with Crippen molar-refractivity contribution in [3.63, 3.8) is 0 Å². The molecule has 1 atom stereocenters. The maximum absolute atomic E-state index is 12.8. The number of nitrogens with two attached hydrogens (primary N) is 1. The van der Waals surface area contributed by atoms with Gasteiger partial charge in [-0.25, -0.2) is 4.79 Å². The maximum Gasteiger partial charge on any atom is 0.314 e. The lowest BCUT2D eigenvalue weighted by Gasteiger charge is -2.37. The fourth-order valence-electron chi connectivity index (χ4n) is 4.16. The van der Waals surface area contributed by atoms with Gasteiger partial charge in [0, 0.05) is 38.3 Å². The first kappa shape index (κ1) is 20.2. The monoisotopic (exact) mass is 386 g/mol. The number of amides is 4. The van der Waals surface area contributed by atoms with Gasteiger partial charge >= 0.3 is 6.03 Å². The van der Waals surface area contributed by atoms with Crippen LogP contribution in [0.3, 0.4) is 0 Å². The number of nitrogens with zero attached hydrogens (tertiary/aromatic N) is 2. The van der Waals surface area contributed by atoms with Crippen LogP contribution in [-0.4, -0.2) is 53.8 Å². The number of primary amides is 1. The first-order valence-corrected chi connectivity index (χ1v) is 10.2. The molecule has 4 amide bonds. The van der Waals surface area contributed by atoms with Crippen LogP contribution in [-0.2, 0) is 9.59 Å². The third-order valence-electron chi connectivity index (χ3n) is 5.85. The van der Waals surface area contributed by atoms with Crippen LogP contribution in [0.15, 0.2) is 30.3 Å². The molecule has 0 bridgehead atoms. The van der Waals surface area contributed by atoms with Gasteiger partial charge in [0.15, 0.2) is 0 Å². The highest BCUT2D eigenvalue weighted by Crippen LogP contribution is 2.25. The van der Waals surface area contributed by atoms with Crippen molar-refractivity contribution in [3.8, 4) is 0 Å². The smallest absolute Gasteiger partial charge is 0.314 e. The molecule has 0 radical (unpaired) electrons. The summed E-state index contributed by atoms with van der Waals surface area (Å²) in [4.78, 5) is 39.8. The van der Waals surface area contributed by atoms with Crippen LogP contribution in [0.2, 0.25) is 0 Å². The summed E-state index contributed by atoms with van der Waals surface area (Å²) in [5.74, 6) is 0.526. The normalized spacial score (nSPS) is 20.6. The minimum absolute atomic E-state index is 0.0402. The van der Waals surface area contributed by atoms with Gasteiger partial charge in [0.1, 0.15) is 0 Å². The Bertz CT molecular complexity index is 686. The molecule has 2 heterocycles. The van der Waals surface area contributed by atoms with E-state index in [2.05, 4.69) is 5.32 Å². The number of carbonyl (C=O) groups is 3. The summed E-state index contributed by atoms with van der Waals surface area (Å²) in [6, 6.07) is 9.04. The van der Waals surface area contributed by atoms with Gasteiger partial charge in [0.05, 0.1) is 5.92 Å². The lowest BCUT2D eigenvalue weighted by Crippen LogP contribution is -2.49. The van der Waals surface area contributed by atoms with E-state index >= 15 is 0 Å². The lowest BCUT2D eigenvalue weighted by atomic mass is 9.90. The zero-order valence-corrected chi connectivity index (χ0v) is 16.3. The largest absolute Gasteiger partial charge is 0.351 e. The van der Waals surface area contributed by atoms with E-state index in [1.54, 1.807) is 4.90 Å². The fraction of sp³-hybridized carbons (Fsp3) is 0.571. The lowest BCUT2D eigenvalue weighted by molar-refractivity contribution is -0.138. The highest BCUT2D eigenvalue weighted by Gasteiger charge is 2.32. The van der Waals surface area contributed by atoms with Crippen molar-refractivity contribution in [2.75, 3.05) is 31.5 Å². The van der Waals surface area contributed by atoms with E-state index in [-0.39, 0.29) is 17.7 Å². The van der Waals surface area contributed by atoms with Gasteiger partial charge in [0.2, 0.25) is 11.8 Å². The summed E-state index contributed by atoms with van der Waals surface area (Å²) in [6.07, 6.45) is 4.85. The van der Waals surface area contributed by atoms with E-state index in [0.717, 1.165) is 50.9 Å². The average Bonchev–Trinajstić information content (AvgIpc) is 2.73. The van der Waals surface area contributed by atoms with Crippen LogP contribution in [0, 0.1) is 11.8 Å².